The molecule has 1 amide bonds. The van der Waals surface area contributed by atoms with Gasteiger partial charge in [-0.25, -0.2) is 0 Å². The minimum Gasteiger partial charge on any atom is -0.493 e. The fourth-order valence-corrected chi connectivity index (χ4v) is 2.89. The topological polar surface area (TPSA) is 83.4 Å². The van der Waals surface area contributed by atoms with Gasteiger partial charge in [0.2, 0.25) is 0 Å². The van der Waals surface area contributed by atoms with Crippen molar-refractivity contribution in [2.75, 3.05) is 20.8 Å². The van der Waals surface area contributed by atoms with Crippen molar-refractivity contribution in [3.05, 3.63) is 35.5 Å². The molecule has 0 spiro atoms. The summed E-state index contributed by atoms with van der Waals surface area (Å²) < 4.78 is 10.5. The summed E-state index contributed by atoms with van der Waals surface area (Å²) in [6.07, 6.45) is 6.77. The average molecular weight is 343 g/mol. The van der Waals surface area contributed by atoms with Crippen LogP contribution in [0.5, 0.6) is 11.5 Å². The van der Waals surface area contributed by atoms with Gasteiger partial charge in [0.15, 0.2) is 11.5 Å². The Labute approximate surface area is 148 Å². The van der Waals surface area contributed by atoms with Gasteiger partial charge < -0.3 is 20.1 Å². The fourth-order valence-electron chi connectivity index (χ4n) is 2.89. The summed E-state index contributed by atoms with van der Waals surface area (Å²) in [5, 5.41) is 15.1. The molecule has 0 radical (unpaired) electrons. The normalized spacial score (nSPS) is 14.7. The smallest absolute Gasteiger partial charge is 0.263 e. The number of nitriles is 1. The molecule has 1 fully saturated rings. The molecule has 6 heteroatoms. The van der Waals surface area contributed by atoms with Crippen molar-refractivity contribution in [2.24, 2.45) is 0 Å². The van der Waals surface area contributed by atoms with Crippen LogP contribution < -0.4 is 20.1 Å². The molecular formula is C19H25N3O3. The predicted octanol–water partition coefficient (Wildman–Crippen LogP) is 2.30. The SMILES string of the molecule is COc1ccc(CCNC(=O)/C(C#N)=C\NC2CCCC2)cc1OC. The number of benzene rings is 1. The van der Waals surface area contributed by atoms with Gasteiger partial charge in [-0.1, -0.05) is 18.9 Å². The van der Waals surface area contributed by atoms with E-state index in [0.717, 1.165) is 18.4 Å². The maximum absolute atomic E-state index is 12.1. The quantitative estimate of drug-likeness (QED) is 0.559. The number of amides is 1. The van der Waals surface area contributed by atoms with Gasteiger partial charge in [0.25, 0.3) is 5.91 Å². The van der Waals surface area contributed by atoms with Gasteiger partial charge in [-0.05, 0) is 37.0 Å². The zero-order valence-corrected chi connectivity index (χ0v) is 14.8. The lowest BCUT2D eigenvalue weighted by Gasteiger charge is -2.11. The van der Waals surface area contributed by atoms with Gasteiger partial charge in [-0.15, -0.1) is 0 Å². The van der Waals surface area contributed by atoms with E-state index in [4.69, 9.17) is 14.7 Å². The van der Waals surface area contributed by atoms with E-state index in [-0.39, 0.29) is 11.5 Å². The van der Waals surface area contributed by atoms with Gasteiger partial charge in [0.05, 0.1) is 14.2 Å². The molecule has 0 saturated heterocycles. The van der Waals surface area contributed by atoms with Gasteiger partial charge in [0.1, 0.15) is 11.6 Å². The third-order valence-corrected chi connectivity index (χ3v) is 4.33. The number of carbonyl (C=O) groups excluding carboxylic acids is 1. The van der Waals surface area contributed by atoms with Crippen molar-refractivity contribution < 1.29 is 14.3 Å². The van der Waals surface area contributed by atoms with Crippen LogP contribution in [0.3, 0.4) is 0 Å². The lowest BCUT2D eigenvalue weighted by atomic mass is 10.1. The van der Waals surface area contributed by atoms with E-state index < -0.39 is 0 Å². The molecular weight excluding hydrogens is 318 g/mol. The number of hydrogen-bond acceptors (Lipinski definition) is 5. The molecule has 1 aromatic carbocycles. The third-order valence-electron chi connectivity index (χ3n) is 4.33. The minimum atomic E-state index is -0.353. The molecule has 134 valence electrons. The predicted molar refractivity (Wildman–Crippen MR) is 95.3 cm³/mol. The Morgan fingerprint density at radius 1 is 1.28 bits per heavy atom. The summed E-state index contributed by atoms with van der Waals surface area (Å²) >= 11 is 0. The Morgan fingerprint density at radius 3 is 2.64 bits per heavy atom. The molecule has 0 aromatic heterocycles. The van der Waals surface area contributed by atoms with E-state index in [9.17, 15) is 4.79 Å². The monoisotopic (exact) mass is 343 g/mol. The van der Waals surface area contributed by atoms with E-state index in [1.54, 1.807) is 20.4 Å². The highest BCUT2D eigenvalue weighted by Crippen LogP contribution is 2.27. The van der Waals surface area contributed by atoms with Crippen molar-refractivity contribution in [1.82, 2.24) is 10.6 Å². The van der Waals surface area contributed by atoms with Gasteiger partial charge >= 0.3 is 0 Å². The number of rotatable bonds is 8. The Morgan fingerprint density at radius 2 is 2.00 bits per heavy atom. The molecule has 1 aromatic rings. The molecule has 6 nitrogen and oxygen atoms in total. The Bertz CT molecular complexity index is 658. The highest BCUT2D eigenvalue weighted by atomic mass is 16.5. The van der Waals surface area contributed by atoms with Crippen LogP contribution in [0.4, 0.5) is 0 Å². The second kappa shape index (κ2) is 9.58. The summed E-state index contributed by atoms with van der Waals surface area (Å²) in [7, 11) is 3.18. The van der Waals surface area contributed by atoms with Crippen molar-refractivity contribution >= 4 is 5.91 Å². The van der Waals surface area contributed by atoms with Crippen LogP contribution in [0.1, 0.15) is 31.2 Å². The number of nitrogens with zero attached hydrogens (tertiary/aromatic N) is 1. The molecule has 0 heterocycles. The number of hydrogen-bond donors (Lipinski definition) is 2. The highest BCUT2D eigenvalue weighted by molar-refractivity contribution is 5.97. The molecule has 0 bridgehead atoms. The fraction of sp³-hybridized carbons (Fsp3) is 0.474. The van der Waals surface area contributed by atoms with Gasteiger partial charge in [-0.3, -0.25) is 4.79 Å². The summed E-state index contributed by atoms with van der Waals surface area (Å²) in [6.45, 7) is 0.441. The van der Waals surface area contributed by atoms with Gasteiger partial charge in [-0.2, -0.15) is 5.26 Å². The van der Waals surface area contributed by atoms with Crippen LogP contribution >= 0.6 is 0 Å². The average Bonchev–Trinajstić information content (AvgIpc) is 3.15. The standard InChI is InChI=1S/C19H25N3O3/c1-24-17-8-7-14(11-18(17)25-2)9-10-21-19(23)15(12-20)13-22-16-5-3-4-6-16/h7-8,11,13,16,22H,3-6,9-10H2,1-2H3,(H,21,23)/b15-13-. The molecule has 2 rings (SSSR count). The van der Waals surface area contributed by atoms with Crippen LogP contribution in [0.2, 0.25) is 0 Å². The van der Waals surface area contributed by atoms with E-state index >= 15 is 0 Å². The van der Waals surface area contributed by atoms with Crippen LogP contribution in [-0.2, 0) is 11.2 Å². The molecule has 1 aliphatic rings. The Balaban J connectivity index is 1.84. The maximum Gasteiger partial charge on any atom is 0.263 e. The lowest BCUT2D eigenvalue weighted by Crippen LogP contribution is -2.29. The second-order valence-electron chi connectivity index (χ2n) is 6.01. The molecule has 25 heavy (non-hydrogen) atoms. The van der Waals surface area contributed by atoms with Gasteiger partial charge in [0, 0.05) is 18.8 Å². The first-order valence-corrected chi connectivity index (χ1v) is 8.53. The van der Waals surface area contributed by atoms with E-state index in [0.29, 0.717) is 30.5 Å². The molecule has 1 saturated carbocycles. The summed E-state index contributed by atoms with van der Waals surface area (Å²) in [5.41, 5.74) is 1.13. The Hall–Kier alpha value is -2.68. The maximum atomic E-state index is 12.1. The van der Waals surface area contributed by atoms with Crippen LogP contribution in [0.15, 0.2) is 30.0 Å². The highest BCUT2D eigenvalue weighted by Gasteiger charge is 2.14. The summed E-state index contributed by atoms with van der Waals surface area (Å²) in [4.78, 5) is 12.1. The first-order valence-electron chi connectivity index (χ1n) is 8.53. The number of nitrogens with one attached hydrogen (secondary N) is 2. The molecule has 0 aliphatic heterocycles. The van der Waals surface area contributed by atoms with E-state index in [1.165, 1.54) is 12.8 Å². The largest absolute Gasteiger partial charge is 0.493 e. The van der Waals surface area contributed by atoms with Crippen molar-refractivity contribution in [1.29, 1.82) is 5.26 Å². The first-order chi connectivity index (χ1) is 12.2. The number of carbonyl (C=O) groups is 1. The molecule has 0 unspecified atom stereocenters. The molecule has 2 N–H and O–H groups in total. The minimum absolute atomic E-state index is 0.110. The van der Waals surface area contributed by atoms with Crippen LogP contribution in [0, 0.1) is 11.3 Å². The van der Waals surface area contributed by atoms with Crippen molar-refractivity contribution in [3.63, 3.8) is 0 Å². The van der Waals surface area contributed by atoms with Crippen LogP contribution in [0.25, 0.3) is 0 Å². The summed E-state index contributed by atoms with van der Waals surface area (Å²) in [6, 6.07) is 7.98. The van der Waals surface area contributed by atoms with Crippen molar-refractivity contribution in [3.8, 4) is 17.6 Å². The number of ether oxygens (including phenoxy) is 2. The molecule has 1 aliphatic carbocycles. The molecule has 0 atom stereocenters. The lowest BCUT2D eigenvalue weighted by molar-refractivity contribution is -0.117. The van der Waals surface area contributed by atoms with E-state index in [1.807, 2.05) is 24.3 Å². The van der Waals surface area contributed by atoms with E-state index in [2.05, 4.69) is 10.6 Å². The zero-order valence-electron chi connectivity index (χ0n) is 14.8. The van der Waals surface area contributed by atoms with Crippen molar-refractivity contribution in [2.45, 2.75) is 38.1 Å². The van der Waals surface area contributed by atoms with Crippen LogP contribution in [-0.4, -0.2) is 32.7 Å². The second-order valence-corrected chi connectivity index (χ2v) is 6.01. The Kier molecular flexibility index (Phi) is 7.15. The summed E-state index contributed by atoms with van der Waals surface area (Å²) in [5.74, 6) is 0.973. The first kappa shape index (κ1) is 18.7. The number of methoxy groups -OCH3 is 2. The zero-order chi connectivity index (χ0) is 18.1. The third kappa shape index (κ3) is 5.42.